The fraction of sp³-hybridized carbons (Fsp3) is 0.0952. The highest BCUT2D eigenvalue weighted by atomic mass is 32.2. The van der Waals surface area contributed by atoms with Crippen LogP contribution in [0.15, 0.2) is 81.3 Å². The summed E-state index contributed by atoms with van der Waals surface area (Å²) in [6.45, 7) is 0.272. The molecule has 2 aromatic carbocycles. The number of para-hydroxylation sites is 1. The SMILES string of the molecule is O=c1[nH]c2ccccc2c(=O)n1-c1cccc(S(=O)(=O)N2CCOc3cccnc32)c1. The van der Waals surface area contributed by atoms with Crippen molar-refractivity contribution in [1.82, 2.24) is 14.5 Å². The van der Waals surface area contributed by atoms with E-state index >= 15 is 0 Å². The number of aromatic nitrogens is 3. The van der Waals surface area contributed by atoms with Gasteiger partial charge in [0.25, 0.3) is 15.6 Å². The van der Waals surface area contributed by atoms with Crippen molar-refractivity contribution in [2.75, 3.05) is 17.5 Å². The Kier molecular flexibility index (Phi) is 4.36. The monoisotopic (exact) mass is 436 g/mol. The van der Waals surface area contributed by atoms with Gasteiger partial charge in [-0.3, -0.25) is 4.79 Å². The second-order valence-electron chi connectivity index (χ2n) is 6.86. The normalized spacial score (nSPS) is 13.6. The topological polar surface area (TPSA) is 114 Å². The molecule has 31 heavy (non-hydrogen) atoms. The summed E-state index contributed by atoms with van der Waals surface area (Å²) in [5.74, 6) is 0.565. The number of nitrogens with zero attached hydrogens (tertiary/aromatic N) is 3. The number of benzene rings is 2. The van der Waals surface area contributed by atoms with Gasteiger partial charge in [0, 0.05) is 6.20 Å². The van der Waals surface area contributed by atoms with Crippen molar-refractivity contribution in [3.63, 3.8) is 0 Å². The second kappa shape index (κ2) is 7.10. The van der Waals surface area contributed by atoms with Gasteiger partial charge in [0.05, 0.1) is 28.0 Å². The number of fused-ring (bicyclic) bond motifs is 2. The van der Waals surface area contributed by atoms with E-state index in [1.54, 1.807) is 36.4 Å². The van der Waals surface area contributed by atoms with Gasteiger partial charge in [0.2, 0.25) is 0 Å². The van der Waals surface area contributed by atoms with E-state index in [0.717, 1.165) is 4.57 Å². The fourth-order valence-corrected chi connectivity index (χ4v) is 5.02. The number of aromatic amines is 1. The van der Waals surface area contributed by atoms with Crippen molar-refractivity contribution in [1.29, 1.82) is 0 Å². The average Bonchev–Trinajstić information content (AvgIpc) is 2.79. The molecule has 9 nitrogen and oxygen atoms in total. The molecule has 0 unspecified atom stereocenters. The standard InChI is InChI=1S/C21H16N4O5S/c26-20-16-7-1-2-8-17(16)23-21(27)25(20)14-5-3-6-15(13-14)31(28,29)24-11-12-30-18-9-4-10-22-19(18)24/h1-10,13H,11-12H2,(H,23,27). The van der Waals surface area contributed by atoms with Crippen LogP contribution in [0.5, 0.6) is 5.75 Å². The third-order valence-corrected chi connectivity index (χ3v) is 6.79. The molecule has 0 spiro atoms. The second-order valence-corrected chi connectivity index (χ2v) is 8.73. The van der Waals surface area contributed by atoms with Gasteiger partial charge < -0.3 is 9.72 Å². The maximum absolute atomic E-state index is 13.4. The van der Waals surface area contributed by atoms with Crippen molar-refractivity contribution in [3.8, 4) is 11.4 Å². The van der Waals surface area contributed by atoms with Crippen LogP contribution in [-0.2, 0) is 10.0 Å². The van der Waals surface area contributed by atoms with Crippen LogP contribution < -0.4 is 20.3 Å². The molecule has 0 aliphatic carbocycles. The summed E-state index contributed by atoms with van der Waals surface area (Å²) >= 11 is 0. The average molecular weight is 436 g/mol. The Morgan fingerprint density at radius 2 is 1.84 bits per heavy atom. The maximum atomic E-state index is 13.4. The Balaban J connectivity index is 1.65. The summed E-state index contributed by atoms with van der Waals surface area (Å²) in [7, 11) is -4.01. The van der Waals surface area contributed by atoms with Gasteiger partial charge in [-0.15, -0.1) is 0 Å². The van der Waals surface area contributed by atoms with E-state index in [1.165, 1.54) is 34.8 Å². The van der Waals surface area contributed by atoms with Crippen molar-refractivity contribution in [2.24, 2.45) is 0 Å². The van der Waals surface area contributed by atoms with Gasteiger partial charge in [-0.05, 0) is 42.5 Å². The molecular weight excluding hydrogens is 420 g/mol. The van der Waals surface area contributed by atoms with Crippen LogP contribution in [-0.4, -0.2) is 36.1 Å². The zero-order valence-corrected chi connectivity index (χ0v) is 16.9. The first-order chi connectivity index (χ1) is 15.0. The molecule has 0 fully saturated rings. The highest BCUT2D eigenvalue weighted by Gasteiger charge is 2.31. The number of ether oxygens (including phenoxy) is 1. The minimum absolute atomic E-state index is 0.0667. The van der Waals surface area contributed by atoms with E-state index in [1.807, 2.05) is 0 Å². The van der Waals surface area contributed by atoms with Crippen LogP contribution in [0.4, 0.5) is 5.82 Å². The van der Waals surface area contributed by atoms with E-state index in [-0.39, 0.29) is 29.6 Å². The number of hydrogen-bond acceptors (Lipinski definition) is 6. The summed E-state index contributed by atoms with van der Waals surface area (Å²) in [6.07, 6.45) is 1.49. The molecule has 0 saturated carbocycles. The molecule has 0 amide bonds. The molecule has 1 N–H and O–H groups in total. The number of hydrogen-bond donors (Lipinski definition) is 1. The molecule has 156 valence electrons. The van der Waals surface area contributed by atoms with Crippen molar-refractivity contribution in [3.05, 3.63) is 87.7 Å². The summed E-state index contributed by atoms with van der Waals surface area (Å²) < 4.78 is 34.3. The molecule has 0 radical (unpaired) electrons. The van der Waals surface area contributed by atoms with E-state index in [9.17, 15) is 18.0 Å². The van der Waals surface area contributed by atoms with Gasteiger partial charge >= 0.3 is 5.69 Å². The number of anilines is 1. The number of rotatable bonds is 3. The molecule has 2 aromatic heterocycles. The predicted octanol–water partition coefficient (Wildman–Crippen LogP) is 1.66. The first-order valence-corrected chi connectivity index (χ1v) is 10.9. The molecule has 5 rings (SSSR count). The van der Waals surface area contributed by atoms with E-state index in [2.05, 4.69) is 9.97 Å². The lowest BCUT2D eigenvalue weighted by Crippen LogP contribution is -2.38. The zero-order chi connectivity index (χ0) is 21.6. The Hall–Kier alpha value is -3.92. The molecule has 0 atom stereocenters. The molecular formula is C21H16N4O5S. The van der Waals surface area contributed by atoms with Crippen molar-refractivity contribution < 1.29 is 13.2 Å². The van der Waals surface area contributed by atoms with Crippen LogP contribution in [0.3, 0.4) is 0 Å². The highest BCUT2D eigenvalue weighted by molar-refractivity contribution is 7.92. The van der Waals surface area contributed by atoms with E-state index < -0.39 is 21.3 Å². The Morgan fingerprint density at radius 3 is 2.71 bits per heavy atom. The molecule has 0 bridgehead atoms. The lowest BCUT2D eigenvalue weighted by atomic mass is 10.2. The van der Waals surface area contributed by atoms with Crippen LogP contribution in [0.25, 0.3) is 16.6 Å². The molecule has 3 heterocycles. The first-order valence-electron chi connectivity index (χ1n) is 9.42. The summed E-state index contributed by atoms with van der Waals surface area (Å²) in [5.41, 5.74) is -0.634. The molecule has 1 aliphatic rings. The van der Waals surface area contributed by atoms with Crippen molar-refractivity contribution in [2.45, 2.75) is 4.90 Å². The third-order valence-electron chi connectivity index (χ3n) is 5.01. The lowest BCUT2D eigenvalue weighted by molar-refractivity contribution is 0.313. The molecule has 10 heteroatoms. The lowest BCUT2D eigenvalue weighted by Gasteiger charge is -2.29. The Labute approximate surface area is 176 Å². The predicted molar refractivity (Wildman–Crippen MR) is 114 cm³/mol. The van der Waals surface area contributed by atoms with E-state index in [4.69, 9.17) is 4.74 Å². The van der Waals surface area contributed by atoms with Crippen LogP contribution >= 0.6 is 0 Å². The smallest absolute Gasteiger partial charge is 0.333 e. The minimum atomic E-state index is -4.01. The highest BCUT2D eigenvalue weighted by Crippen LogP contribution is 2.33. The van der Waals surface area contributed by atoms with Crippen molar-refractivity contribution >= 4 is 26.7 Å². The Bertz CT molecular complexity index is 1540. The van der Waals surface area contributed by atoms with Crippen LogP contribution in [0.1, 0.15) is 0 Å². The number of sulfonamides is 1. The van der Waals surface area contributed by atoms with Gasteiger partial charge in [-0.25, -0.2) is 27.1 Å². The Morgan fingerprint density at radius 1 is 1.00 bits per heavy atom. The minimum Gasteiger partial charge on any atom is -0.488 e. The number of H-pyrrole nitrogens is 1. The molecule has 4 aromatic rings. The van der Waals surface area contributed by atoms with Gasteiger partial charge in [0.1, 0.15) is 6.61 Å². The summed E-state index contributed by atoms with van der Waals surface area (Å²) in [6, 6.07) is 15.7. The van der Waals surface area contributed by atoms with Crippen LogP contribution in [0.2, 0.25) is 0 Å². The molecule has 0 saturated heterocycles. The summed E-state index contributed by atoms with van der Waals surface area (Å²) in [4.78, 5) is 32.3. The molecule has 1 aliphatic heterocycles. The third kappa shape index (κ3) is 3.08. The number of pyridine rings is 1. The quantitative estimate of drug-likeness (QED) is 0.522. The number of nitrogens with one attached hydrogen (secondary N) is 1. The van der Waals surface area contributed by atoms with Gasteiger partial charge in [0.15, 0.2) is 11.6 Å². The van der Waals surface area contributed by atoms with Gasteiger partial charge in [-0.2, -0.15) is 0 Å². The van der Waals surface area contributed by atoms with Gasteiger partial charge in [-0.1, -0.05) is 18.2 Å². The van der Waals surface area contributed by atoms with Crippen LogP contribution in [0, 0.1) is 0 Å². The first kappa shape index (κ1) is 19.1. The maximum Gasteiger partial charge on any atom is 0.333 e. The van der Waals surface area contributed by atoms with E-state index in [0.29, 0.717) is 16.7 Å². The zero-order valence-electron chi connectivity index (χ0n) is 16.1. The summed E-state index contributed by atoms with van der Waals surface area (Å²) in [5, 5.41) is 0.321. The largest absolute Gasteiger partial charge is 0.488 e. The fourth-order valence-electron chi connectivity index (χ4n) is 3.57.